The monoisotopic (exact) mass is 458 g/mol. The molecule has 6 nitrogen and oxygen atoms in total. The molecule has 0 aromatic heterocycles. The molecule has 0 unspecified atom stereocenters. The summed E-state index contributed by atoms with van der Waals surface area (Å²) in [6, 6.07) is 13.1. The van der Waals surface area contributed by atoms with Gasteiger partial charge in [-0.1, -0.05) is 18.2 Å². The van der Waals surface area contributed by atoms with E-state index < -0.39 is 10.0 Å². The predicted molar refractivity (Wildman–Crippen MR) is 127 cm³/mol. The van der Waals surface area contributed by atoms with Gasteiger partial charge in [-0.3, -0.25) is 4.79 Å². The van der Waals surface area contributed by atoms with Crippen molar-refractivity contribution in [3.05, 3.63) is 59.2 Å². The molecule has 0 N–H and O–H groups in total. The van der Waals surface area contributed by atoms with Gasteiger partial charge in [0.25, 0.3) is 5.91 Å². The standard InChI is InChI=1S/C25H34N2O4S/c1-5-31-22-11-9-20(10-12-22)7-8-21-14-16-27(17-15-21)25(28)24-18-23(13-6-19(24)2)32(29,30)26(3)4/h6,9-13,18,21H,5,7-8,14-17H2,1-4H3. The average Bonchev–Trinajstić information content (AvgIpc) is 2.79. The van der Waals surface area contributed by atoms with Gasteiger partial charge < -0.3 is 9.64 Å². The number of aryl methyl sites for hydroxylation is 2. The Labute approximate surface area is 192 Å². The molecule has 0 spiro atoms. The molecule has 0 saturated carbocycles. The smallest absolute Gasteiger partial charge is 0.254 e. The van der Waals surface area contributed by atoms with E-state index in [0.29, 0.717) is 31.2 Å². The molecule has 1 aliphatic rings. The van der Waals surface area contributed by atoms with Crippen LogP contribution in [0.3, 0.4) is 0 Å². The fourth-order valence-corrected chi connectivity index (χ4v) is 5.02. The number of rotatable bonds is 8. The number of carbonyl (C=O) groups is 1. The SMILES string of the molecule is CCOc1ccc(CCC2CCN(C(=O)c3cc(S(=O)(=O)N(C)C)ccc3C)CC2)cc1. The summed E-state index contributed by atoms with van der Waals surface area (Å²) in [5.74, 6) is 1.41. The fourth-order valence-electron chi connectivity index (χ4n) is 4.09. The number of ether oxygens (including phenoxy) is 1. The third-order valence-electron chi connectivity index (χ3n) is 6.20. The van der Waals surface area contributed by atoms with E-state index in [1.165, 1.54) is 30.0 Å². The molecule has 1 amide bonds. The van der Waals surface area contributed by atoms with Crippen molar-refractivity contribution in [1.29, 1.82) is 0 Å². The molecular formula is C25H34N2O4S. The third-order valence-corrected chi connectivity index (χ3v) is 8.01. The molecule has 0 radical (unpaired) electrons. The van der Waals surface area contributed by atoms with E-state index in [1.54, 1.807) is 12.1 Å². The van der Waals surface area contributed by atoms with Crippen molar-refractivity contribution < 1.29 is 17.9 Å². The molecule has 1 aliphatic heterocycles. The predicted octanol–water partition coefficient (Wildman–Crippen LogP) is 4.13. The highest BCUT2D eigenvalue weighted by Gasteiger charge is 2.26. The lowest BCUT2D eigenvalue weighted by molar-refractivity contribution is 0.0686. The highest BCUT2D eigenvalue weighted by Crippen LogP contribution is 2.26. The van der Waals surface area contributed by atoms with E-state index in [1.807, 2.05) is 30.9 Å². The first-order chi connectivity index (χ1) is 15.2. The Morgan fingerprint density at radius 3 is 2.34 bits per heavy atom. The zero-order valence-corrected chi connectivity index (χ0v) is 20.3. The van der Waals surface area contributed by atoms with Gasteiger partial charge in [-0.2, -0.15) is 0 Å². The van der Waals surface area contributed by atoms with E-state index in [4.69, 9.17) is 4.74 Å². The Balaban J connectivity index is 1.57. The van der Waals surface area contributed by atoms with Gasteiger partial charge in [0.05, 0.1) is 11.5 Å². The van der Waals surface area contributed by atoms with Crippen molar-refractivity contribution in [2.75, 3.05) is 33.8 Å². The molecule has 174 valence electrons. The van der Waals surface area contributed by atoms with Crippen LogP contribution in [-0.2, 0) is 16.4 Å². The van der Waals surface area contributed by atoms with E-state index >= 15 is 0 Å². The van der Waals surface area contributed by atoms with Crippen LogP contribution in [0.15, 0.2) is 47.4 Å². The van der Waals surface area contributed by atoms with Gasteiger partial charge in [0.15, 0.2) is 0 Å². The normalized spacial score (nSPS) is 15.2. The Hall–Kier alpha value is -2.38. The maximum absolute atomic E-state index is 13.1. The van der Waals surface area contributed by atoms with Crippen molar-refractivity contribution in [2.45, 2.75) is 44.4 Å². The lowest BCUT2D eigenvalue weighted by Crippen LogP contribution is -2.39. The van der Waals surface area contributed by atoms with Crippen LogP contribution in [0.5, 0.6) is 5.75 Å². The number of likely N-dealkylation sites (tertiary alicyclic amines) is 1. The highest BCUT2D eigenvalue weighted by molar-refractivity contribution is 7.89. The van der Waals surface area contributed by atoms with Gasteiger partial charge in [0.1, 0.15) is 5.75 Å². The maximum Gasteiger partial charge on any atom is 0.254 e. The number of benzene rings is 2. The fraction of sp³-hybridized carbons (Fsp3) is 0.480. The van der Waals surface area contributed by atoms with E-state index in [2.05, 4.69) is 12.1 Å². The van der Waals surface area contributed by atoms with Crippen LogP contribution in [0.25, 0.3) is 0 Å². The molecule has 0 bridgehead atoms. The lowest BCUT2D eigenvalue weighted by Gasteiger charge is -2.32. The van der Waals surface area contributed by atoms with Crippen LogP contribution in [0, 0.1) is 12.8 Å². The zero-order valence-electron chi connectivity index (χ0n) is 19.5. The van der Waals surface area contributed by atoms with Crippen LogP contribution in [0.1, 0.15) is 47.7 Å². The number of carbonyl (C=O) groups excluding carboxylic acids is 1. The number of piperidine rings is 1. The molecule has 32 heavy (non-hydrogen) atoms. The Kier molecular flexibility index (Phi) is 7.96. The number of amides is 1. The summed E-state index contributed by atoms with van der Waals surface area (Å²) in [5, 5.41) is 0. The number of hydrogen-bond donors (Lipinski definition) is 0. The van der Waals surface area contributed by atoms with Crippen molar-refractivity contribution in [2.24, 2.45) is 5.92 Å². The second-order valence-corrected chi connectivity index (χ2v) is 10.8. The summed E-state index contributed by atoms with van der Waals surface area (Å²) < 4.78 is 31.6. The van der Waals surface area contributed by atoms with E-state index in [-0.39, 0.29) is 10.8 Å². The average molecular weight is 459 g/mol. The third kappa shape index (κ3) is 5.70. The van der Waals surface area contributed by atoms with Gasteiger partial charge in [0, 0.05) is 32.7 Å². The van der Waals surface area contributed by atoms with Crippen molar-refractivity contribution in [3.63, 3.8) is 0 Å². The Bertz CT molecular complexity index is 1020. The van der Waals surface area contributed by atoms with Crippen LogP contribution >= 0.6 is 0 Å². The molecule has 2 aromatic carbocycles. The first-order valence-electron chi connectivity index (χ1n) is 11.3. The molecular weight excluding hydrogens is 424 g/mol. The molecule has 3 rings (SSSR count). The summed E-state index contributed by atoms with van der Waals surface area (Å²) in [6.07, 6.45) is 4.06. The Morgan fingerprint density at radius 2 is 1.75 bits per heavy atom. The number of hydrogen-bond acceptors (Lipinski definition) is 4. The number of sulfonamides is 1. The summed E-state index contributed by atoms with van der Waals surface area (Å²) in [6.45, 7) is 5.91. The molecule has 1 heterocycles. The summed E-state index contributed by atoms with van der Waals surface area (Å²) >= 11 is 0. The minimum atomic E-state index is -3.57. The van der Waals surface area contributed by atoms with Gasteiger partial charge in [0.2, 0.25) is 10.0 Å². The van der Waals surface area contributed by atoms with Gasteiger partial charge in [-0.15, -0.1) is 0 Å². The Morgan fingerprint density at radius 1 is 1.09 bits per heavy atom. The quantitative estimate of drug-likeness (QED) is 0.597. The summed E-state index contributed by atoms with van der Waals surface area (Å²) in [4.78, 5) is 15.2. The van der Waals surface area contributed by atoms with Crippen molar-refractivity contribution >= 4 is 15.9 Å². The van der Waals surface area contributed by atoms with Crippen LogP contribution in [-0.4, -0.2) is 57.3 Å². The van der Waals surface area contributed by atoms with Gasteiger partial charge in [-0.05, 0) is 80.8 Å². The van der Waals surface area contributed by atoms with E-state index in [0.717, 1.165) is 37.0 Å². The zero-order chi connectivity index (χ0) is 23.3. The molecule has 0 aliphatic carbocycles. The van der Waals surface area contributed by atoms with Gasteiger partial charge >= 0.3 is 0 Å². The second-order valence-electron chi connectivity index (χ2n) is 8.62. The lowest BCUT2D eigenvalue weighted by atomic mass is 9.90. The minimum absolute atomic E-state index is 0.0803. The second kappa shape index (κ2) is 10.5. The topological polar surface area (TPSA) is 66.9 Å². The minimum Gasteiger partial charge on any atom is -0.494 e. The molecule has 7 heteroatoms. The molecule has 1 saturated heterocycles. The van der Waals surface area contributed by atoms with Gasteiger partial charge in [-0.25, -0.2) is 12.7 Å². The number of nitrogens with zero attached hydrogens (tertiary/aromatic N) is 2. The first kappa shape index (κ1) is 24.3. The molecule has 0 atom stereocenters. The van der Waals surface area contributed by atoms with Crippen LogP contribution in [0.4, 0.5) is 0 Å². The summed E-state index contributed by atoms with van der Waals surface area (Å²) in [7, 11) is -0.585. The summed E-state index contributed by atoms with van der Waals surface area (Å²) in [5.41, 5.74) is 2.58. The largest absolute Gasteiger partial charge is 0.494 e. The molecule has 1 fully saturated rings. The molecule has 2 aromatic rings. The highest BCUT2D eigenvalue weighted by atomic mass is 32.2. The maximum atomic E-state index is 13.1. The van der Waals surface area contributed by atoms with Crippen molar-refractivity contribution in [1.82, 2.24) is 9.21 Å². The van der Waals surface area contributed by atoms with E-state index in [9.17, 15) is 13.2 Å². The van der Waals surface area contributed by atoms with Crippen molar-refractivity contribution in [3.8, 4) is 5.75 Å². The van der Waals surface area contributed by atoms with Crippen LogP contribution < -0.4 is 4.74 Å². The van der Waals surface area contributed by atoms with Crippen LogP contribution in [0.2, 0.25) is 0 Å². The first-order valence-corrected chi connectivity index (χ1v) is 12.7.